The van der Waals surface area contributed by atoms with E-state index >= 15 is 0 Å². The second-order valence-electron chi connectivity index (χ2n) is 5.83. The first kappa shape index (κ1) is 22.2. The summed E-state index contributed by atoms with van der Waals surface area (Å²) < 4.78 is 19.1. The maximum absolute atomic E-state index is 12.5. The Balaban J connectivity index is 0.000000765. The first-order chi connectivity index (χ1) is 12.4. The van der Waals surface area contributed by atoms with Gasteiger partial charge in [-0.1, -0.05) is 33.6 Å². The van der Waals surface area contributed by atoms with Gasteiger partial charge in [0, 0.05) is 24.7 Å². The van der Waals surface area contributed by atoms with Gasteiger partial charge in [0.2, 0.25) is 0 Å². The van der Waals surface area contributed by atoms with Gasteiger partial charge in [0.15, 0.2) is 11.2 Å². The Morgan fingerprint density at radius 2 is 1.81 bits per heavy atom. The van der Waals surface area contributed by atoms with Gasteiger partial charge < -0.3 is 4.57 Å². The molecular weight excluding hydrogens is 359 g/mol. The monoisotopic (exact) mass is 387 g/mol. The van der Waals surface area contributed by atoms with Crippen molar-refractivity contribution in [3.63, 3.8) is 0 Å². The fourth-order valence-corrected chi connectivity index (χ4v) is 2.58. The van der Waals surface area contributed by atoms with Crippen LogP contribution in [0.2, 0.25) is 0 Å². The standard InChI is InChI=1S/C12H17N4O5P.C4H10/c1-3-5-15-8-13-10-9(15)11(17)16(12(18)14(10)2)6-4-7-21-22(19)20;1-3-4-2/h8H,3-7H2,1-2H3;3-4H2,1-2H3/p+1. The zero-order chi connectivity index (χ0) is 19.7. The molecule has 2 aromatic heterocycles. The number of unbranched alkanes of at least 4 members (excludes halogenated alkanes) is 1. The van der Waals surface area contributed by atoms with E-state index in [9.17, 15) is 14.2 Å². The van der Waals surface area contributed by atoms with Crippen molar-refractivity contribution in [3.8, 4) is 0 Å². The van der Waals surface area contributed by atoms with Crippen molar-refractivity contribution in [2.75, 3.05) is 6.61 Å². The summed E-state index contributed by atoms with van der Waals surface area (Å²) in [5.41, 5.74) is -0.127. The molecule has 0 aliphatic heterocycles. The second kappa shape index (κ2) is 11.0. The molecule has 1 N–H and O–H groups in total. The highest BCUT2D eigenvalue weighted by Gasteiger charge is 2.16. The summed E-state index contributed by atoms with van der Waals surface area (Å²) in [5, 5.41) is 0. The molecule has 2 heterocycles. The van der Waals surface area contributed by atoms with Gasteiger partial charge >= 0.3 is 13.9 Å². The largest absolute Gasteiger partial charge is 0.694 e. The summed E-state index contributed by atoms with van der Waals surface area (Å²) in [4.78, 5) is 37.4. The molecule has 0 fully saturated rings. The van der Waals surface area contributed by atoms with Gasteiger partial charge in [-0.2, -0.15) is 0 Å². The zero-order valence-electron chi connectivity index (χ0n) is 15.8. The highest BCUT2D eigenvalue weighted by molar-refractivity contribution is 7.32. The first-order valence-corrected chi connectivity index (χ1v) is 9.95. The lowest BCUT2D eigenvalue weighted by molar-refractivity contribution is 0.270. The van der Waals surface area contributed by atoms with E-state index in [2.05, 4.69) is 23.4 Å². The van der Waals surface area contributed by atoms with E-state index in [-0.39, 0.29) is 19.6 Å². The van der Waals surface area contributed by atoms with Crippen molar-refractivity contribution in [2.45, 2.75) is 59.5 Å². The SMILES string of the molecule is CCCC.CCCn1cnc2c1c(=O)n(CCCO[P+](=O)O)c(=O)n2C. The van der Waals surface area contributed by atoms with Gasteiger partial charge in [-0.05, 0) is 12.8 Å². The van der Waals surface area contributed by atoms with Crippen LogP contribution in [0.4, 0.5) is 0 Å². The van der Waals surface area contributed by atoms with Crippen LogP contribution >= 0.6 is 8.25 Å². The van der Waals surface area contributed by atoms with Crippen molar-refractivity contribution in [1.82, 2.24) is 18.7 Å². The van der Waals surface area contributed by atoms with Gasteiger partial charge in [-0.15, -0.1) is 9.42 Å². The number of aromatic nitrogens is 4. The first-order valence-electron chi connectivity index (χ1n) is 8.82. The third kappa shape index (κ3) is 5.59. The topological polar surface area (TPSA) is 108 Å². The lowest BCUT2D eigenvalue weighted by Gasteiger charge is -2.08. The molecule has 0 saturated heterocycles. The molecule has 10 heteroatoms. The second-order valence-corrected chi connectivity index (χ2v) is 6.57. The molecule has 0 aromatic carbocycles. The van der Waals surface area contributed by atoms with Crippen LogP contribution in [-0.4, -0.2) is 30.2 Å². The smallest absolute Gasteiger partial charge is 0.325 e. The van der Waals surface area contributed by atoms with Gasteiger partial charge in [0.1, 0.15) is 6.61 Å². The summed E-state index contributed by atoms with van der Waals surface area (Å²) in [5.74, 6) is 0. The fourth-order valence-electron chi connectivity index (χ4n) is 2.29. The molecule has 2 rings (SSSR count). The fraction of sp³-hybridized carbons (Fsp3) is 0.688. The Labute approximate surface area is 153 Å². The van der Waals surface area contributed by atoms with Gasteiger partial charge in [0.25, 0.3) is 5.56 Å². The van der Waals surface area contributed by atoms with Crippen molar-refractivity contribution >= 4 is 19.4 Å². The predicted octanol–water partition coefficient (Wildman–Crippen LogP) is 2.17. The number of hydrogen-bond acceptors (Lipinski definition) is 5. The van der Waals surface area contributed by atoms with Gasteiger partial charge in [-0.25, -0.2) is 9.78 Å². The third-order valence-corrected chi connectivity index (χ3v) is 4.20. The lowest BCUT2D eigenvalue weighted by Crippen LogP contribution is -2.39. The Morgan fingerprint density at radius 1 is 1.15 bits per heavy atom. The summed E-state index contributed by atoms with van der Waals surface area (Å²) in [6.07, 6.45) is 5.31. The van der Waals surface area contributed by atoms with Gasteiger partial charge in [0.05, 0.1) is 6.33 Å². The average Bonchev–Trinajstić information content (AvgIpc) is 3.03. The molecular formula is C16H28N4O5P+. The molecule has 0 aliphatic rings. The van der Waals surface area contributed by atoms with E-state index in [0.29, 0.717) is 17.7 Å². The zero-order valence-corrected chi connectivity index (χ0v) is 16.7. The summed E-state index contributed by atoms with van der Waals surface area (Å²) in [6.45, 7) is 7.09. The van der Waals surface area contributed by atoms with Crippen LogP contribution in [0.5, 0.6) is 0 Å². The maximum atomic E-state index is 12.5. The van der Waals surface area contributed by atoms with Crippen LogP contribution in [0, 0.1) is 0 Å². The van der Waals surface area contributed by atoms with Crippen molar-refractivity contribution in [2.24, 2.45) is 7.05 Å². The molecule has 1 atom stereocenters. The van der Waals surface area contributed by atoms with Crippen LogP contribution in [0.3, 0.4) is 0 Å². The predicted molar refractivity (Wildman–Crippen MR) is 101 cm³/mol. The molecule has 1 unspecified atom stereocenters. The summed E-state index contributed by atoms with van der Waals surface area (Å²) in [6, 6.07) is 0. The molecule has 2 aromatic rings. The van der Waals surface area contributed by atoms with E-state index in [1.165, 1.54) is 17.4 Å². The molecule has 0 bridgehead atoms. The summed E-state index contributed by atoms with van der Waals surface area (Å²) in [7, 11) is -1.11. The molecule has 9 nitrogen and oxygen atoms in total. The number of nitrogens with zero attached hydrogens (tertiary/aromatic N) is 4. The minimum Gasteiger partial charge on any atom is -0.325 e. The number of hydrogen-bond donors (Lipinski definition) is 1. The Bertz CT molecular complexity index is 838. The normalized spacial score (nSPS) is 11.3. The Kier molecular flexibility index (Phi) is 9.40. The minimum absolute atomic E-state index is 0.00639. The molecule has 0 aliphatic carbocycles. The minimum atomic E-state index is -2.67. The Morgan fingerprint density at radius 3 is 2.35 bits per heavy atom. The molecule has 0 spiro atoms. The van der Waals surface area contributed by atoms with E-state index < -0.39 is 19.5 Å². The number of imidazole rings is 1. The van der Waals surface area contributed by atoms with Crippen LogP contribution in [-0.2, 0) is 29.2 Å². The Hall–Kier alpha value is -1.83. The number of rotatable bonds is 8. The average molecular weight is 387 g/mol. The van der Waals surface area contributed by atoms with E-state index in [4.69, 9.17) is 4.89 Å². The molecule has 0 saturated carbocycles. The van der Waals surface area contributed by atoms with E-state index in [1.54, 1.807) is 17.9 Å². The van der Waals surface area contributed by atoms with Crippen LogP contribution in [0.1, 0.15) is 46.5 Å². The van der Waals surface area contributed by atoms with Crippen molar-refractivity contribution in [3.05, 3.63) is 27.2 Å². The molecule has 0 radical (unpaired) electrons. The molecule has 146 valence electrons. The van der Waals surface area contributed by atoms with Crippen LogP contribution in [0.25, 0.3) is 11.2 Å². The third-order valence-electron chi connectivity index (χ3n) is 3.79. The summed E-state index contributed by atoms with van der Waals surface area (Å²) >= 11 is 0. The highest BCUT2D eigenvalue weighted by atomic mass is 31.1. The number of aryl methyl sites for hydroxylation is 2. The highest BCUT2D eigenvalue weighted by Crippen LogP contribution is 2.14. The van der Waals surface area contributed by atoms with Crippen LogP contribution < -0.4 is 11.2 Å². The van der Waals surface area contributed by atoms with E-state index in [1.807, 2.05) is 6.92 Å². The van der Waals surface area contributed by atoms with E-state index in [0.717, 1.165) is 11.0 Å². The maximum Gasteiger partial charge on any atom is 0.694 e. The van der Waals surface area contributed by atoms with Gasteiger partial charge in [-0.3, -0.25) is 13.9 Å². The molecule has 26 heavy (non-hydrogen) atoms. The quantitative estimate of drug-likeness (QED) is 0.549. The number of fused-ring (bicyclic) bond motifs is 1. The lowest BCUT2D eigenvalue weighted by atomic mass is 10.4. The van der Waals surface area contributed by atoms with Crippen molar-refractivity contribution < 1.29 is 14.0 Å². The van der Waals surface area contributed by atoms with Crippen LogP contribution in [0.15, 0.2) is 15.9 Å². The molecule has 0 amide bonds. The van der Waals surface area contributed by atoms with Crippen molar-refractivity contribution in [1.29, 1.82) is 0 Å².